The molecule has 8 aliphatic rings. The molecule has 3 atom stereocenters. The lowest BCUT2D eigenvalue weighted by atomic mass is 9.69. The molecule has 16 aromatic rings. The maximum Gasteiger partial charge on any atom is 0.231 e. The first-order chi connectivity index (χ1) is 67.3. The molecule has 8 N–H and O–H groups in total. The van der Waals surface area contributed by atoms with Crippen molar-refractivity contribution in [2.75, 3.05) is 36.8 Å². The average Bonchev–Trinajstić information content (AvgIpc) is 1.50. The fourth-order valence-electron chi connectivity index (χ4n) is 19.0. The smallest absolute Gasteiger partial charge is 0.231 e. The van der Waals surface area contributed by atoms with Crippen LogP contribution in [0.3, 0.4) is 0 Å². The summed E-state index contributed by atoms with van der Waals surface area (Å²) in [6.45, 7) is 0.159. The number of nitrogens with two attached hydrogens (primary N) is 4. The van der Waals surface area contributed by atoms with Crippen LogP contribution in [0.5, 0.6) is 34.5 Å². The molecule has 5 saturated carbocycles. The van der Waals surface area contributed by atoms with Crippen LogP contribution in [-0.2, 0) is 0 Å². The SMILES string of the molecule is CN1C2CCC1CC(Oc1ccc(-n3nnnc3-c3cc(-c4ccsc4)cnc3N)c(F)c1F)C2.Nc1ncc(-c2ccc3c(c2)OCO3)cc1-c1nnnn1-c1ccc(OC2CC3CCC2CC3)c(F)c1F.Nc1ncc(-c2ccccc2)cc1-c1nnnn1-c1ccc(OC2CCCCC2)c(F)c1F.Nc1ncc(-c2ccoc2)cc1-c1nnnn1-c1ccc(OC2CCCCC2)c(F)c1F. The number of ether oxygens (including phenoxy) is 6. The molecule has 5 aliphatic carbocycles. The van der Waals surface area contributed by atoms with Gasteiger partial charge in [-0.1, -0.05) is 49.2 Å². The van der Waals surface area contributed by atoms with Gasteiger partial charge in [0.05, 0.1) is 47.0 Å². The lowest BCUT2D eigenvalue weighted by molar-refractivity contribution is 0.0174. The number of benzene rings is 6. The van der Waals surface area contributed by atoms with Gasteiger partial charge in [-0.3, -0.25) is 0 Å². The number of furan rings is 1. The predicted octanol–water partition coefficient (Wildman–Crippen LogP) is 18.8. The number of tetrazole rings is 4. The fraction of sp³-hybridized carbons (Fsp3) is 0.299. The summed E-state index contributed by atoms with van der Waals surface area (Å²) in [6.07, 6.45) is 28.1. The zero-order valence-corrected chi connectivity index (χ0v) is 74.9. The average molecular weight is 1900 g/mol. The quantitative estimate of drug-likeness (QED) is 0.0515. The van der Waals surface area contributed by atoms with Crippen molar-refractivity contribution in [3.63, 3.8) is 0 Å². The molecule has 24 rings (SSSR count). The molecular weight excluding hydrogens is 1810 g/mol. The van der Waals surface area contributed by atoms with Crippen LogP contribution < -0.4 is 51.4 Å². The maximum absolute atomic E-state index is 15.4. The van der Waals surface area contributed by atoms with Crippen molar-refractivity contribution < 1.29 is 68.0 Å². The minimum atomic E-state index is -1.11. The Morgan fingerprint density at radius 1 is 0.362 bits per heavy atom. The van der Waals surface area contributed by atoms with Crippen molar-refractivity contribution in [2.45, 2.75) is 158 Å². The third-order valence-electron chi connectivity index (χ3n) is 26.4. The minimum absolute atomic E-state index is 0.0874. The molecule has 6 aromatic carbocycles. The molecule has 4 bridgehead atoms. The number of fused-ring (bicyclic) bond motifs is 6. The van der Waals surface area contributed by atoms with E-state index in [4.69, 9.17) is 55.8 Å². The summed E-state index contributed by atoms with van der Waals surface area (Å²) in [7, 11) is 2.12. The Morgan fingerprint density at radius 2 is 0.768 bits per heavy atom. The number of hydrogen-bond acceptors (Lipinski definition) is 29. The number of halogens is 8. The molecule has 10 aromatic heterocycles. The zero-order valence-electron chi connectivity index (χ0n) is 74.1. The third-order valence-corrected chi connectivity index (χ3v) is 27.0. The van der Waals surface area contributed by atoms with Crippen LogP contribution in [-0.4, -0.2) is 156 Å². The zero-order chi connectivity index (χ0) is 94.8. The highest BCUT2D eigenvalue weighted by Crippen LogP contribution is 2.47. The standard InChI is InChI=1S/C27H24F2N6O3.C24H23F2N7OS.C24H22F2N6O.C22H20F2N6O2/c28-24-19(6-8-21(25(24)29)38-22-9-14-1-3-15(22)4-2-14)35-27(32-33-34-35)18-10-17(12-31-26(18)30)16-5-7-20-23(11-16)37-13-36-20;1-32-15-2-3-16(32)10-17(9-15)34-20-5-4-19(21(25)22(20)26)33-24(29-30-31-33)18-8-14(11-28-23(18)27)13-6-7-35-12-13;25-21-19(11-12-20(22(21)26)33-17-9-5-2-6-10-17)32-24(29-30-31-32)18-13-16(14-28-23(18)27)15-7-3-1-4-8-15;23-19-17(6-7-18(20(19)24)32-15-4-2-1-3-5-15)30-22(27-28-29-30)16-10-14(11-26-21(16)25)13-8-9-31-12-13/h5-8,10-12,14-15,22H,1-4,9,13H2,(H2,30,31);4-8,11-12,15-17H,2-3,9-10H2,1H3,(H2,27,28);1,3-4,7-8,11-14,17H,2,5-6,9-10H2,(H2,27,28);6-12,15H,1-5H2,(H2,25,26). The first-order valence-corrected chi connectivity index (χ1v) is 46.2. The first-order valence-electron chi connectivity index (χ1n) is 45.3. The molecule has 0 spiro atoms. The van der Waals surface area contributed by atoms with E-state index in [1.165, 1.54) is 67.6 Å². The van der Waals surface area contributed by atoms with E-state index in [9.17, 15) is 8.78 Å². The number of hydrogen-bond donors (Lipinski definition) is 4. The van der Waals surface area contributed by atoms with E-state index in [0.717, 1.165) is 161 Å². The minimum Gasteiger partial charge on any atom is -0.487 e. The predicted molar refractivity (Wildman–Crippen MR) is 493 cm³/mol. The van der Waals surface area contributed by atoms with Gasteiger partial charge in [-0.2, -0.15) is 47.6 Å². The van der Waals surface area contributed by atoms with Gasteiger partial charge in [0.15, 0.2) is 81.1 Å². The lowest BCUT2D eigenvalue weighted by Crippen LogP contribution is -2.43. The first kappa shape index (κ1) is 90.4. The highest BCUT2D eigenvalue weighted by Gasteiger charge is 2.42. The molecule has 2 saturated heterocycles. The number of rotatable bonds is 20. The van der Waals surface area contributed by atoms with Crippen LogP contribution >= 0.6 is 11.3 Å². The molecule has 0 amide bonds. The van der Waals surface area contributed by atoms with E-state index in [1.807, 2.05) is 59.3 Å². The summed E-state index contributed by atoms with van der Waals surface area (Å²) in [6, 6.07) is 38.0. The van der Waals surface area contributed by atoms with Gasteiger partial charge >= 0.3 is 0 Å². The van der Waals surface area contributed by atoms with E-state index in [0.29, 0.717) is 68.8 Å². The van der Waals surface area contributed by atoms with Gasteiger partial charge in [0.25, 0.3) is 0 Å². The van der Waals surface area contributed by atoms with E-state index >= 15 is 26.3 Å². The topological polar surface area (TPSA) is 402 Å². The molecule has 3 aliphatic heterocycles. The van der Waals surface area contributed by atoms with Gasteiger partial charge in [0.1, 0.15) is 58.2 Å². The summed E-state index contributed by atoms with van der Waals surface area (Å²) in [4.78, 5) is 19.3. The summed E-state index contributed by atoms with van der Waals surface area (Å²) in [5, 5.41) is 50.2. The summed E-state index contributed by atoms with van der Waals surface area (Å²) >= 11 is 1.55. The summed E-state index contributed by atoms with van der Waals surface area (Å²) in [5.41, 5.74) is 31.9. The molecule has 7 fully saturated rings. The molecule has 706 valence electrons. The molecule has 41 heteroatoms. The second-order valence-electron chi connectivity index (χ2n) is 34.8. The highest BCUT2D eigenvalue weighted by molar-refractivity contribution is 7.08. The number of anilines is 4. The Kier molecular flexibility index (Phi) is 25.9. The number of nitrogen functional groups attached to an aromatic ring is 4. The van der Waals surface area contributed by atoms with Crippen molar-refractivity contribution in [3.8, 4) is 147 Å². The van der Waals surface area contributed by atoms with Crippen LogP contribution in [0, 0.1) is 58.4 Å². The fourth-order valence-corrected chi connectivity index (χ4v) is 19.6. The number of pyridine rings is 4. The number of thiophene rings is 1. The van der Waals surface area contributed by atoms with Crippen LogP contribution in [0.1, 0.15) is 122 Å². The Morgan fingerprint density at radius 3 is 1.17 bits per heavy atom. The number of aromatic nitrogens is 20. The normalized spacial score (nSPS) is 18.3. The van der Waals surface area contributed by atoms with Crippen LogP contribution in [0.2, 0.25) is 0 Å². The molecule has 138 heavy (non-hydrogen) atoms. The van der Waals surface area contributed by atoms with Crippen molar-refractivity contribution in [2.24, 2.45) is 11.8 Å². The van der Waals surface area contributed by atoms with Gasteiger partial charge in [-0.15, -0.1) is 20.4 Å². The van der Waals surface area contributed by atoms with Gasteiger partial charge in [0, 0.05) is 64.7 Å². The number of nitrogens with zero attached hydrogens (tertiary/aromatic N) is 21. The Hall–Kier alpha value is -15.4. The van der Waals surface area contributed by atoms with Crippen molar-refractivity contribution in [1.82, 2.24) is 106 Å². The molecule has 3 unspecified atom stereocenters. The van der Waals surface area contributed by atoms with Crippen LogP contribution in [0.15, 0.2) is 186 Å². The van der Waals surface area contributed by atoms with E-state index in [1.54, 1.807) is 78.8 Å². The Bertz CT molecular complexity index is 7070. The van der Waals surface area contributed by atoms with Gasteiger partial charge in [-0.05, 0) is 294 Å². The van der Waals surface area contributed by atoms with Crippen molar-refractivity contribution in [3.05, 3.63) is 228 Å². The van der Waals surface area contributed by atoms with Crippen molar-refractivity contribution in [1.29, 1.82) is 0 Å². The lowest BCUT2D eigenvalue weighted by Gasteiger charge is -2.42. The molecular formula is C97H89F8N25O7S. The van der Waals surface area contributed by atoms with Crippen molar-refractivity contribution >= 4 is 34.6 Å². The summed E-state index contributed by atoms with van der Waals surface area (Å²) < 4.78 is 165. The maximum atomic E-state index is 15.4. The molecule has 0 radical (unpaired) electrons. The van der Waals surface area contributed by atoms with Gasteiger partial charge < -0.3 is 60.7 Å². The van der Waals surface area contributed by atoms with E-state index < -0.39 is 46.5 Å². The number of piperidine rings is 1. The third kappa shape index (κ3) is 18.6. The van der Waals surface area contributed by atoms with E-state index in [2.05, 4.69) is 94.0 Å². The highest BCUT2D eigenvalue weighted by atomic mass is 32.1. The second kappa shape index (κ2) is 39.5. The van der Waals surface area contributed by atoms with Gasteiger partial charge in [-0.25, -0.2) is 37.5 Å². The van der Waals surface area contributed by atoms with E-state index in [-0.39, 0.29) is 124 Å². The van der Waals surface area contributed by atoms with Crippen LogP contribution in [0.25, 0.3) is 113 Å². The molecule has 13 heterocycles. The monoisotopic (exact) mass is 1900 g/mol. The Balaban J connectivity index is 0.000000114. The van der Waals surface area contributed by atoms with Gasteiger partial charge in [0.2, 0.25) is 30.1 Å². The Labute approximate surface area is 786 Å². The second-order valence-corrected chi connectivity index (χ2v) is 35.6. The largest absolute Gasteiger partial charge is 0.487 e. The molecule has 32 nitrogen and oxygen atoms in total. The summed E-state index contributed by atoms with van der Waals surface area (Å²) in [5.74, 6) is -5.63. The van der Waals surface area contributed by atoms with Crippen LogP contribution in [0.4, 0.5) is 58.4 Å².